The summed E-state index contributed by atoms with van der Waals surface area (Å²) in [5.74, 6) is 0.930. The van der Waals surface area contributed by atoms with Gasteiger partial charge in [0.1, 0.15) is 11.0 Å². The molecule has 0 aliphatic carbocycles. The summed E-state index contributed by atoms with van der Waals surface area (Å²) in [6.07, 6.45) is 0. The molecule has 1 aromatic heterocycles. The summed E-state index contributed by atoms with van der Waals surface area (Å²) in [6, 6.07) is 4.60. The summed E-state index contributed by atoms with van der Waals surface area (Å²) in [5.41, 5.74) is -0.219. The molecule has 0 unspecified atom stereocenters. The number of hydrogen-bond donors (Lipinski definition) is 1. The van der Waals surface area contributed by atoms with E-state index in [4.69, 9.17) is 32.8 Å². The van der Waals surface area contributed by atoms with E-state index in [1.807, 2.05) is 0 Å². The Hall–Kier alpha value is -3.75. The Labute approximate surface area is 172 Å². The number of aromatic hydroxyl groups is 1. The van der Waals surface area contributed by atoms with Crippen molar-refractivity contribution in [1.82, 2.24) is 0 Å². The second-order valence-corrected chi connectivity index (χ2v) is 6.04. The van der Waals surface area contributed by atoms with E-state index in [1.54, 1.807) is 12.1 Å². The third kappa shape index (κ3) is 3.18. The molecule has 1 heterocycles. The van der Waals surface area contributed by atoms with Gasteiger partial charge in [-0.05, 0) is 12.1 Å². The number of ether oxygens (including phenoxy) is 6. The van der Waals surface area contributed by atoms with Crippen LogP contribution in [0.2, 0.25) is 0 Å². The minimum Gasteiger partial charge on any atom is -0.502 e. The third-order valence-corrected chi connectivity index (χ3v) is 4.59. The fraction of sp³-hybridized carbons (Fsp3) is 0.286. The molecule has 0 radical (unpaired) electrons. The van der Waals surface area contributed by atoms with Crippen molar-refractivity contribution in [3.63, 3.8) is 0 Å². The van der Waals surface area contributed by atoms with Crippen LogP contribution in [0.15, 0.2) is 27.4 Å². The second-order valence-electron chi connectivity index (χ2n) is 6.04. The maximum Gasteiger partial charge on any atom is 0.238 e. The van der Waals surface area contributed by atoms with Gasteiger partial charge >= 0.3 is 0 Å². The first kappa shape index (κ1) is 21.0. The van der Waals surface area contributed by atoms with Crippen LogP contribution in [0.5, 0.6) is 40.2 Å². The average Bonchev–Trinajstić information content (AvgIpc) is 2.78. The highest BCUT2D eigenvalue weighted by molar-refractivity contribution is 5.92. The minimum atomic E-state index is -0.696. The number of fused-ring (bicyclic) bond motifs is 1. The Kier molecular flexibility index (Phi) is 5.81. The lowest BCUT2D eigenvalue weighted by molar-refractivity contribution is 0.324. The summed E-state index contributed by atoms with van der Waals surface area (Å²) in [6.45, 7) is 0. The second kappa shape index (κ2) is 8.32. The molecule has 3 rings (SSSR count). The topological polar surface area (TPSA) is 106 Å². The lowest BCUT2D eigenvalue weighted by atomic mass is 10.1. The fourth-order valence-corrected chi connectivity index (χ4v) is 3.22. The van der Waals surface area contributed by atoms with Crippen LogP contribution in [0.3, 0.4) is 0 Å². The smallest absolute Gasteiger partial charge is 0.238 e. The molecule has 160 valence electrons. The van der Waals surface area contributed by atoms with Gasteiger partial charge in [-0.2, -0.15) is 0 Å². The maximum absolute atomic E-state index is 13.0. The molecule has 3 aromatic rings. The highest BCUT2D eigenvalue weighted by Crippen LogP contribution is 2.46. The van der Waals surface area contributed by atoms with Crippen LogP contribution in [0.1, 0.15) is 0 Å². The largest absolute Gasteiger partial charge is 0.502 e. The van der Waals surface area contributed by atoms with Gasteiger partial charge in [-0.15, -0.1) is 0 Å². The van der Waals surface area contributed by atoms with E-state index in [2.05, 4.69) is 0 Å². The van der Waals surface area contributed by atoms with Crippen molar-refractivity contribution in [2.24, 2.45) is 0 Å². The standard InChI is InChI=1S/C21H22O9/c1-24-12-7-10(8-13(25-2)19(12)27-4)18-17(23)16(22)15-11(30-18)9-14(26-3)20(28-5)21(15)29-6/h7-9,23H,1-6H3. The molecule has 0 spiro atoms. The lowest BCUT2D eigenvalue weighted by Gasteiger charge is -2.16. The summed E-state index contributed by atoms with van der Waals surface area (Å²) in [4.78, 5) is 13.0. The Morgan fingerprint density at radius 2 is 1.20 bits per heavy atom. The SMILES string of the molecule is COc1cc(-c2oc3cc(OC)c(OC)c(OC)c3c(=O)c2O)cc(OC)c1OC. The van der Waals surface area contributed by atoms with Gasteiger partial charge in [0.05, 0.1) is 42.7 Å². The Morgan fingerprint density at radius 3 is 1.67 bits per heavy atom. The molecule has 1 N–H and O–H groups in total. The van der Waals surface area contributed by atoms with E-state index in [0.717, 1.165) is 0 Å². The van der Waals surface area contributed by atoms with Gasteiger partial charge in [-0.1, -0.05) is 0 Å². The Morgan fingerprint density at radius 1 is 0.700 bits per heavy atom. The van der Waals surface area contributed by atoms with Gasteiger partial charge in [0, 0.05) is 11.6 Å². The van der Waals surface area contributed by atoms with Crippen molar-refractivity contribution in [3.8, 4) is 51.6 Å². The van der Waals surface area contributed by atoms with Crippen molar-refractivity contribution in [2.45, 2.75) is 0 Å². The maximum atomic E-state index is 13.0. The third-order valence-electron chi connectivity index (χ3n) is 4.59. The molecule has 0 saturated carbocycles. The fourth-order valence-electron chi connectivity index (χ4n) is 3.22. The molecule has 0 fully saturated rings. The van der Waals surface area contributed by atoms with Crippen LogP contribution < -0.4 is 33.8 Å². The first-order valence-electron chi connectivity index (χ1n) is 8.74. The molecule has 9 nitrogen and oxygen atoms in total. The van der Waals surface area contributed by atoms with E-state index < -0.39 is 11.2 Å². The van der Waals surface area contributed by atoms with Gasteiger partial charge in [0.25, 0.3) is 0 Å². The molecular formula is C21H22O9. The van der Waals surface area contributed by atoms with Crippen molar-refractivity contribution >= 4 is 11.0 Å². The first-order chi connectivity index (χ1) is 14.4. The van der Waals surface area contributed by atoms with Crippen LogP contribution in [0.4, 0.5) is 0 Å². The number of benzene rings is 2. The summed E-state index contributed by atoms with van der Waals surface area (Å²) >= 11 is 0. The van der Waals surface area contributed by atoms with Crippen LogP contribution in [-0.4, -0.2) is 47.8 Å². The van der Waals surface area contributed by atoms with Crippen LogP contribution in [-0.2, 0) is 0 Å². The van der Waals surface area contributed by atoms with E-state index in [-0.39, 0.29) is 28.2 Å². The zero-order chi connectivity index (χ0) is 22.0. The molecule has 0 atom stereocenters. The lowest BCUT2D eigenvalue weighted by Crippen LogP contribution is -2.07. The number of hydrogen-bond acceptors (Lipinski definition) is 9. The van der Waals surface area contributed by atoms with E-state index in [9.17, 15) is 9.90 Å². The molecular weight excluding hydrogens is 396 g/mol. The molecule has 0 amide bonds. The molecule has 9 heteroatoms. The van der Waals surface area contributed by atoms with Crippen molar-refractivity contribution in [3.05, 3.63) is 28.4 Å². The molecule has 0 bridgehead atoms. The summed E-state index contributed by atoms with van der Waals surface area (Å²) in [5, 5.41) is 10.7. The van der Waals surface area contributed by atoms with Crippen molar-refractivity contribution in [2.75, 3.05) is 42.7 Å². The van der Waals surface area contributed by atoms with E-state index >= 15 is 0 Å². The van der Waals surface area contributed by atoms with Crippen LogP contribution in [0, 0.1) is 0 Å². The highest BCUT2D eigenvalue weighted by atomic mass is 16.5. The van der Waals surface area contributed by atoms with Crippen molar-refractivity contribution < 1.29 is 37.9 Å². The normalized spacial score (nSPS) is 10.6. The van der Waals surface area contributed by atoms with Gasteiger partial charge < -0.3 is 37.9 Å². The number of rotatable bonds is 7. The summed E-state index contributed by atoms with van der Waals surface area (Å²) in [7, 11) is 8.62. The highest BCUT2D eigenvalue weighted by Gasteiger charge is 2.25. The van der Waals surface area contributed by atoms with E-state index in [1.165, 1.54) is 48.7 Å². The Balaban J connectivity index is 2.39. The average molecular weight is 418 g/mol. The first-order valence-corrected chi connectivity index (χ1v) is 8.74. The number of methoxy groups -OCH3 is 6. The quantitative estimate of drug-likeness (QED) is 0.619. The molecule has 0 saturated heterocycles. The van der Waals surface area contributed by atoms with Gasteiger partial charge in [0.15, 0.2) is 28.8 Å². The monoisotopic (exact) mass is 418 g/mol. The zero-order valence-corrected chi connectivity index (χ0v) is 17.4. The zero-order valence-electron chi connectivity index (χ0n) is 17.4. The predicted octanol–water partition coefficient (Wildman–Crippen LogP) is 3.22. The van der Waals surface area contributed by atoms with E-state index in [0.29, 0.717) is 28.6 Å². The molecule has 30 heavy (non-hydrogen) atoms. The predicted molar refractivity (Wildman–Crippen MR) is 109 cm³/mol. The minimum absolute atomic E-state index is 0.0174. The van der Waals surface area contributed by atoms with Crippen molar-refractivity contribution in [1.29, 1.82) is 0 Å². The van der Waals surface area contributed by atoms with Gasteiger partial charge in [0.2, 0.25) is 22.7 Å². The van der Waals surface area contributed by atoms with Gasteiger partial charge in [-0.25, -0.2) is 0 Å². The molecule has 2 aromatic carbocycles. The summed E-state index contributed by atoms with van der Waals surface area (Å²) < 4.78 is 37.9. The van der Waals surface area contributed by atoms with Crippen LogP contribution in [0.25, 0.3) is 22.3 Å². The van der Waals surface area contributed by atoms with Gasteiger partial charge in [-0.3, -0.25) is 4.79 Å². The molecule has 0 aliphatic heterocycles. The Bertz CT molecular complexity index is 1120. The molecule has 0 aliphatic rings. The van der Waals surface area contributed by atoms with Crippen LogP contribution >= 0.6 is 0 Å².